The van der Waals surface area contributed by atoms with Crippen LogP contribution in [0.2, 0.25) is 0 Å². The molecule has 7 heteroatoms. The minimum Gasteiger partial charge on any atom is -0.397 e. The van der Waals surface area contributed by atoms with Gasteiger partial charge in [0.15, 0.2) is 5.25 Å². The van der Waals surface area contributed by atoms with Crippen LogP contribution in [0.4, 0.5) is 11.4 Å². The van der Waals surface area contributed by atoms with Crippen LogP contribution in [0, 0.1) is 18.3 Å². The van der Waals surface area contributed by atoms with Crippen molar-refractivity contribution in [2.45, 2.75) is 19.1 Å². The zero-order valence-electron chi connectivity index (χ0n) is 9.36. The van der Waals surface area contributed by atoms with Crippen molar-refractivity contribution in [3.05, 3.63) is 22.2 Å². The molecule has 0 heterocycles. The Labute approximate surface area is 109 Å². The van der Waals surface area contributed by atoms with Crippen LogP contribution in [0.15, 0.2) is 16.6 Å². The number of sulfonamides is 1. The molecule has 0 amide bonds. The molecule has 0 saturated carbocycles. The molecule has 1 aromatic rings. The number of rotatable bonds is 3. The Hall–Kier alpha value is -1.26. The zero-order chi connectivity index (χ0) is 13.2. The van der Waals surface area contributed by atoms with Crippen molar-refractivity contribution in [2.24, 2.45) is 0 Å². The fourth-order valence-corrected chi connectivity index (χ4v) is 2.68. The number of nitriles is 1. The molecule has 0 bridgehead atoms. The Bertz CT molecular complexity index is 555. The highest BCUT2D eigenvalue weighted by Gasteiger charge is 2.21. The Morgan fingerprint density at radius 2 is 2.12 bits per heavy atom. The zero-order valence-corrected chi connectivity index (χ0v) is 11.8. The maximum atomic E-state index is 11.7. The van der Waals surface area contributed by atoms with Crippen molar-refractivity contribution in [2.75, 3.05) is 10.5 Å². The molecular weight excluding hydrogens is 306 g/mol. The molecule has 0 spiro atoms. The number of aryl methyl sites for hydroxylation is 1. The lowest BCUT2D eigenvalue weighted by atomic mass is 10.2. The third-order valence-electron chi connectivity index (χ3n) is 2.22. The largest absolute Gasteiger partial charge is 0.397 e. The van der Waals surface area contributed by atoms with Crippen molar-refractivity contribution in [1.29, 1.82) is 5.26 Å². The van der Waals surface area contributed by atoms with E-state index < -0.39 is 15.3 Å². The number of nitrogens with zero attached hydrogens (tertiary/aromatic N) is 1. The third-order valence-corrected chi connectivity index (χ3v) is 4.21. The van der Waals surface area contributed by atoms with Gasteiger partial charge in [-0.05, 0) is 31.5 Å². The molecule has 92 valence electrons. The number of nitrogens with two attached hydrogens (primary N) is 1. The van der Waals surface area contributed by atoms with E-state index in [0.717, 1.165) is 4.47 Å². The van der Waals surface area contributed by atoms with E-state index in [1.165, 1.54) is 6.92 Å². The van der Waals surface area contributed by atoms with Gasteiger partial charge in [0.05, 0.1) is 17.4 Å². The normalized spacial score (nSPS) is 12.8. The first-order chi connectivity index (χ1) is 7.77. The summed E-state index contributed by atoms with van der Waals surface area (Å²) in [6.07, 6.45) is 0. The SMILES string of the molecule is Cc1cc(Br)cc(N)c1NS(=O)(=O)C(C)C#N. The molecule has 0 aliphatic carbocycles. The number of benzene rings is 1. The molecule has 1 rings (SSSR count). The molecule has 0 aliphatic heterocycles. The lowest BCUT2D eigenvalue weighted by Gasteiger charge is -2.14. The topological polar surface area (TPSA) is 96.0 Å². The average molecular weight is 318 g/mol. The summed E-state index contributed by atoms with van der Waals surface area (Å²) in [5.74, 6) is 0. The van der Waals surface area contributed by atoms with E-state index in [4.69, 9.17) is 11.0 Å². The van der Waals surface area contributed by atoms with Gasteiger partial charge in [-0.3, -0.25) is 4.72 Å². The highest BCUT2D eigenvalue weighted by molar-refractivity contribution is 9.10. The van der Waals surface area contributed by atoms with E-state index in [1.807, 2.05) is 0 Å². The number of nitrogen functional groups attached to an aromatic ring is 1. The van der Waals surface area contributed by atoms with Crippen LogP contribution in [0.5, 0.6) is 0 Å². The highest BCUT2D eigenvalue weighted by atomic mass is 79.9. The Morgan fingerprint density at radius 3 is 2.59 bits per heavy atom. The molecule has 0 aliphatic rings. The fourth-order valence-electron chi connectivity index (χ4n) is 1.21. The van der Waals surface area contributed by atoms with Crippen LogP contribution in [-0.2, 0) is 10.0 Å². The van der Waals surface area contributed by atoms with E-state index >= 15 is 0 Å². The molecule has 1 unspecified atom stereocenters. The average Bonchev–Trinajstić information content (AvgIpc) is 2.22. The van der Waals surface area contributed by atoms with Crippen LogP contribution < -0.4 is 10.5 Å². The van der Waals surface area contributed by atoms with Gasteiger partial charge in [-0.1, -0.05) is 15.9 Å². The number of nitrogens with one attached hydrogen (secondary N) is 1. The molecule has 17 heavy (non-hydrogen) atoms. The molecule has 0 saturated heterocycles. The minimum atomic E-state index is -3.73. The van der Waals surface area contributed by atoms with Gasteiger partial charge in [0.2, 0.25) is 10.0 Å². The van der Waals surface area contributed by atoms with Crippen LogP contribution in [0.25, 0.3) is 0 Å². The maximum Gasteiger partial charge on any atom is 0.248 e. The van der Waals surface area contributed by atoms with Crippen molar-refractivity contribution >= 4 is 37.3 Å². The predicted molar refractivity (Wildman–Crippen MR) is 70.9 cm³/mol. The van der Waals surface area contributed by atoms with Crippen LogP contribution in [-0.4, -0.2) is 13.7 Å². The Balaban J connectivity index is 3.18. The Kier molecular flexibility index (Phi) is 4.01. The van der Waals surface area contributed by atoms with Crippen molar-refractivity contribution in [3.8, 4) is 6.07 Å². The minimum absolute atomic E-state index is 0.311. The lowest BCUT2D eigenvalue weighted by molar-refractivity contribution is 0.597. The summed E-state index contributed by atoms with van der Waals surface area (Å²) in [6, 6.07) is 5.02. The van der Waals surface area contributed by atoms with Crippen LogP contribution >= 0.6 is 15.9 Å². The number of hydrogen-bond donors (Lipinski definition) is 2. The molecule has 1 atom stereocenters. The van der Waals surface area contributed by atoms with Gasteiger partial charge in [0, 0.05) is 4.47 Å². The van der Waals surface area contributed by atoms with Crippen molar-refractivity contribution < 1.29 is 8.42 Å². The van der Waals surface area contributed by atoms with E-state index in [9.17, 15) is 8.42 Å². The van der Waals surface area contributed by atoms with Gasteiger partial charge in [-0.2, -0.15) is 5.26 Å². The van der Waals surface area contributed by atoms with Gasteiger partial charge < -0.3 is 5.73 Å². The van der Waals surface area contributed by atoms with E-state index in [1.54, 1.807) is 25.1 Å². The first-order valence-corrected chi connectivity index (χ1v) is 7.08. The second-order valence-corrected chi connectivity index (χ2v) is 6.52. The summed E-state index contributed by atoms with van der Waals surface area (Å²) in [7, 11) is -3.73. The first-order valence-electron chi connectivity index (χ1n) is 4.75. The second-order valence-electron chi connectivity index (χ2n) is 3.61. The highest BCUT2D eigenvalue weighted by Crippen LogP contribution is 2.29. The quantitative estimate of drug-likeness (QED) is 0.833. The fraction of sp³-hybridized carbons (Fsp3) is 0.300. The molecule has 3 N–H and O–H groups in total. The number of hydrogen-bond acceptors (Lipinski definition) is 4. The monoisotopic (exact) mass is 317 g/mol. The van der Waals surface area contributed by atoms with Crippen LogP contribution in [0.3, 0.4) is 0 Å². The van der Waals surface area contributed by atoms with Gasteiger partial charge in [0.1, 0.15) is 0 Å². The smallest absolute Gasteiger partial charge is 0.248 e. The molecule has 0 aromatic heterocycles. The molecular formula is C10H12BrN3O2S. The molecule has 0 radical (unpaired) electrons. The van der Waals surface area contributed by atoms with Gasteiger partial charge in [-0.15, -0.1) is 0 Å². The van der Waals surface area contributed by atoms with E-state index in [0.29, 0.717) is 16.9 Å². The standard InChI is InChI=1S/C10H12BrN3O2S/c1-6-3-8(11)4-9(13)10(6)14-17(15,16)7(2)5-12/h3-4,7,14H,13H2,1-2H3. The molecule has 5 nitrogen and oxygen atoms in total. The third kappa shape index (κ3) is 3.11. The Morgan fingerprint density at radius 1 is 1.53 bits per heavy atom. The summed E-state index contributed by atoms with van der Waals surface area (Å²) in [4.78, 5) is 0. The summed E-state index contributed by atoms with van der Waals surface area (Å²) in [6.45, 7) is 3.04. The van der Waals surface area contributed by atoms with E-state index in [2.05, 4.69) is 20.7 Å². The lowest BCUT2D eigenvalue weighted by Crippen LogP contribution is -2.24. The summed E-state index contributed by atoms with van der Waals surface area (Å²) >= 11 is 3.26. The summed E-state index contributed by atoms with van der Waals surface area (Å²) in [5.41, 5.74) is 7.04. The van der Waals surface area contributed by atoms with Crippen molar-refractivity contribution in [3.63, 3.8) is 0 Å². The first kappa shape index (κ1) is 13.8. The summed E-state index contributed by atoms with van der Waals surface area (Å²) in [5, 5.41) is 7.49. The maximum absolute atomic E-state index is 11.7. The predicted octanol–water partition coefficient (Wildman–Crippen LogP) is 1.99. The van der Waals surface area contributed by atoms with Gasteiger partial charge >= 0.3 is 0 Å². The van der Waals surface area contributed by atoms with Gasteiger partial charge in [-0.25, -0.2) is 8.42 Å². The van der Waals surface area contributed by atoms with Crippen LogP contribution in [0.1, 0.15) is 12.5 Å². The molecule has 1 aromatic carbocycles. The number of anilines is 2. The van der Waals surface area contributed by atoms with Gasteiger partial charge in [0.25, 0.3) is 0 Å². The second kappa shape index (κ2) is 4.94. The summed E-state index contributed by atoms with van der Waals surface area (Å²) < 4.78 is 26.5. The van der Waals surface area contributed by atoms with Crippen molar-refractivity contribution in [1.82, 2.24) is 0 Å². The molecule has 0 fully saturated rings. The van der Waals surface area contributed by atoms with E-state index in [-0.39, 0.29) is 0 Å². The number of halogens is 1.